The van der Waals surface area contributed by atoms with Gasteiger partial charge >= 0.3 is 18.3 Å². The zero-order chi connectivity index (χ0) is 27.7. The fraction of sp³-hybridized carbons (Fsp3) is 0.261. The van der Waals surface area contributed by atoms with E-state index in [0.717, 1.165) is 0 Å². The zero-order valence-electron chi connectivity index (χ0n) is 19.0. The molecular formula is C23H17ClF6N2O5. The Morgan fingerprint density at radius 1 is 1.08 bits per heavy atom. The van der Waals surface area contributed by atoms with E-state index in [1.54, 1.807) is 0 Å². The average Bonchev–Trinajstić information content (AvgIpc) is 3.16. The molecule has 0 aliphatic carbocycles. The molecule has 198 valence electrons. The molecule has 0 aliphatic rings. The third kappa shape index (κ3) is 6.16. The van der Waals surface area contributed by atoms with Crippen LogP contribution in [0.25, 0.3) is 11.3 Å². The molecule has 3 aromatic rings. The summed E-state index contributed by atoms with van der Waals surface area (Å²) in [7, 11) is 0. The van der Waals surface area contributed by atoms with Crippen LogP contribution in [-0.4, -0.2) is 33.7 Å². The highest BCUT2D eigenvalue weighted by Gasteiger charge is 2.40. The van der Waals surface area contributed by atoms with Crippen molar-refractivity contribution in [3.05, 3.63) is 69.4 Å². The third-order valence-electron chi connectivity index (χ3n) is 5.06. The molecule has 14 heteroatoms. The summed E-state index contributed by atoms with van der Waals surface area (Å²) in [6.07, 6.45) is -10.6. The SMILES string of the molecule is CCN(Oc1ccc(C(F)(F)F)cc1C(F)(F)F)C(=O)c1c(-c2ccc(CC(=O)O)cc2Cl)noc1C. The number of aryl methyl sites for hydroxylation is 1. The first-order chi connectivity index (χ1) is 17.1. The van der Waals surface area contributed by atoms with Crippen molar-refractivity contribution < 1.29 is 50.4 Å². The van der Waals surface area contributed by atoms with Gasteiger partial charge in [0, 0.05) is 5.56 Å². The lowest BCUT2D eigenvalue weighted by molar-refractivity contribution is -0.146. The summed E-state index contributed by atoms with van der Waals surface area (Å²) in [5.74, 6) is -3.18. The van der Waals surface area contributed by atoms with E-state index >= 15 is 0 Å². The lowest BCUT2D eigenvalue weighted by Crippen LogP contribution is -2.35. The molecule has 2 aromatic carbocycles. The third-order valence-corrected chi connectivity index (χ3v) is 5.37. The van der Waals surface area contributed by atoms with Gasteiger partial charge < -0.3 is 14.5 Å². The van der Waals surface area contributed by atoms with Gasteiger partial charge in [-0.2, -0.15) is 31.4 Å². The van der Waals surface area contributed by atoms with E-state index in [0.29, 0.717) is 22.8 Å². The predicted molar refractivity (Wildman–Crippen MR) is 117 cm³/mol. The Labute approximate surface area is 210 Å². The molecule has 0 aliphatic heterocycles. The van der Waals surface area contributed by atoms with Gasteiger partial charge in [-0.05, 0) is 43.7 Å². The van der Waals surface area contributed by atoms with Crippen LogP contribution in [0.2, 0.25) is 5.02 Å². The van der Waals surface area contributed by atoms with Gasteiger partial charge in [-0.3, -0.25) is 9.59 Å². The normalized spacial score (nSPS) is 11.9. The number of amides is 1. The van der Waals surface area contributed by atoms with Crippen LogP contribution in [0.15, 0.2) is 40.9 Å². The van der Waals surface area contributed by atoms with E-state index in [1.807, 2.05) is 0 Å². The molecule has 1 aromatic heterocycles. The number of hydrogen-bond donors (Lipinski definition) is 1. The number of hydroxylamine groups is 2. The molecule has 7 nitrogen and oxygen atoms in total. The van der Waals surface area contributed by atoms with Crippen molar-refractivity contribution in [1.29, 1.82) is 0 Å². The van der Waals surface area contributed by atoms with E-state index in [4.69, 9.17) is 26.1 Å². The van der Waals surface area contributed by atoms with Crippen molar-refractivity contribution in [2.45, 2.75) is 32.6 Å². The number of aliphatic carboxylic acids is 1. The number of rotatable bonds is 7. The van der Waals surface area contributed by atoms with Crippen molar-refractivity contribution in [2.75, 3.05) is 6.54 Å². The highest BCUT2D eigenvalue weighted by molar-refractivity contribution is 6.33. The fourth-order valence-electron chi connectivity index (χ4n) is 3.34. The second kappa shape index (κ2) is 10.3. The minimum absolute atomic E-state index is 0.0205. The number of benzene rings is 2. The Hall–Kier alpha value is -3.74. The molecule has 1 amide bonds. The first-order valence-electron chi connectivity index (χ1n) is 10.4. The topological polar surface area (TPSA) is 92.9 Å². The van der Waals surface area contributed by atoms with Crippen LogP contribution in [0.3, 0.4) is 0 Å². The van der Waals surface area contributed by atoms with Crippen molar-refractivity contribution in [3.8, 4) is 17.0 Å². The Balaban J connectivity index is 2.00. The van der Waals surface area contributed by atoms with Crippen LogP contribution >= 0.6 is 11.6 Å². The summed E-state index contributed by atoms with van der Waals surface area (Å²) >= 11 is 6.25. The number of nitrogens with zero attached hydrogens (tertiary/aromatic N) is 2. The molecule has 0 atom stereocenters. The number of carboxylic acid groups (broad SMARTS) is 1. The molecule has 3 rings (SSSR count). The van der Waals surface area contributed by atoms with Crippen molar-refractivity contribution >= 4 is 23.5 Å². The summed E-state index contributed by atoms with van der Waals surface area (Å²) in [6, 6.07) is 4.93. The number of carbonyl (C=O) groups excluding carboxylic acids is 1. The quantitative estimate of drug-likeness (QED) is 0.269. The van der Waals surface area contributed by atoms with Crippen molar-refractivity contribution in [3.63, 3.8) is 0 Å². The lowest BCUT2D eigenvalue weighted by atomic mass is 10.0. The van der Waals surface area contributed by atoms with Gasteiger partial charge in [-0.25, -0.2) is 0 Å². The molecule has 0 fully saturated rings. The molecule has 0 bridgehead atoms. The maximum Gasteiger partial charge on any atom is 0.420 e. The van der Waals surface area contributed by atoms with E-state index < -0.39 is 41.1 Å². The van der Waals surface area contributed by atoms with Crippen LogP contribution in [-0.2, 0) is 23.6 Å². The number of hydrogen-bond acceptors (Lipinski definition) is 5. The first kappa shape index (κ1) is 27.8. The average molecular weight is 551 g/mol. The second-order valence-corrected chi connectivity index (χ2v) is 8.05. The van der Waals surface area contributed by atoms with Gasteiger partial charge in [-0.1, -0.05) is 28.9 Å². The number of carboxylic acids is 1. The molecule has 0 saturated carbocycles. The number of aromatic nitrogens is 1. The van der Waals surface area contributed by atoms with Crippen molar-refractivity contribution in [2.24, 2.45) is 0 Å². The predicted octanol–water partition coefficient (Wildman–Crippen LogP) is 6.42. The number of alkyl halides is 6. The molecule has 1 N–H and O–H groups in total. The minimum Gasteiger partial charge on any atom is -0.481 e. The Morgan fingerprint density at radius 2 is 1.76 bits per heavy atom. The van der Waals surface area contributed by atoms with Crippen LogP contribution in [0.4, 0.5) is 26.3 Å². The second-order valence-electron chi connectivity index (χ2n) is 7.64. The van der Waals surface area contributed by atoms with Gasteiger partial charge in [-0.15, -0.1) is 0 Å². The van der Waals surface area contributed by atoms with Gasteiger partial charge in [0.1, 0.15) is 22.6 Å². The molecule has 0 saturated heterocycles. The largest absolute Gasteiger partial charge is 0.481 e. The molecule has 0 radical (unpaired) electrons. The summed E-state index contributed by atoms with van der Waals surface area (Å²) in [5, 5.41) is 13.3. The zero-order valence-corrected chi connectivity index (χ0v) is 19.8. The van der Waals surface area contributed by atoms with Crippen molar-refractivity contribution in [1.82, 2.24) is 10.2 Å². The number of carbonyl (C=O) groups is 2. The standard InChI is InChI=1S/C23H17ClF6N2O5/c1-3-32(37-17-7-5-13(22(25,26)27)10-15(17)23(28,29)30)21(35)19-11(2)36-31-20(19)14-6-4-12(8-16(14)24)9-18(33)34/h4-8,10H,3,9H2,1-2H3,(H,33,34). The highest BCUT2D eigenvalue weighted by atomic mass is 35.5. The van der Waals surface area contributed by atoms with E-state index in [1.165, 1.54) is 32.0 Å². The minimum atomic E-state index is -5.22. The number of halogens is 7. The van der Waals surface area contributed by atoms with Crippen LogP contribution in [0, 0.1) is 6.92 Å². The Morgan fingerprint density at radius 3 is 2.30 bits per heavy atom. The maximum absolute atomic E-state index is 13.5. The van der Waals surface area contributed by atoms with Crippen LogP contribution < -0.4 is 4.84 Å². The monoisotopic (exact) mass is 550 g/mol. The van der Waals surface area contributed by atoms with Gasteiger partial charge in [0.2, 0.25) is 0 Å². The van der Waals surface area contributed by atoms with Crippen LogP contribution in [0.1, 0.15) is 39.7 Å². The van der Waals surface area contributed by atoms with E-state index in [2.05, 4.69) is 5.16 Å². The summed E-state index contributed by atoms with van der Waals surface area (Å²) < 4.78 is 84.6. The maximum atomic E-state index is 13.5. The van der Waals surface area contributed by atoms with Gasteiger partial charge in [0.05, 0.1) is 23.6 Å². The lowest BCUT2D eigenvalue weighted by Gasteiger charge is -2.23. The summed E-state index contributed by atoms with van der Waals surface area (Å²) in [6.45, 7) is 2.40. The first-order valence-corrected chi connectivity index (χ1v) is 10.8. The Bertz CT molecular complexity index is 1340. The summed E-state index contributed by atoms with van der Waals surface area (Å²) in [4.78, 5) is 29.4. The molecule has 0 unspecified atom stereocenters. The van der Waals surface area contributed by atoms with E-state index in [-0.39, 0.29) is 46.6 Å². The molecule has 0 spiro atoms. The molecule has 1 heterocycles. The Kier molecular flexibility index (Phi) is 7.77. The fourth-order valence-corrected chi connectivity index (χ4v) is 3.64. The van der Waals surface area contributed by atoms with Gasteiger partial charge in [0.25, 0.3) is 5.91 Å². The summed E-state index contributed by atoms with van der Waals surface area (Å²) in [5.41, 5.74) is -3.07. The van der Waals surface area contributed by atoms with Gasteiger partial charge in [0.15, 0.2) is 5.75 Å². The molecular weight excluding hydrogens is 534 g/mol. The highest BCUT2D eigenvalue weighted by Crippen LogP contribution is 2.41. The molecule has 37 heavy (non-hydrogen) atoms. The smallest absolute Gasteiger partial charge is 0.420 e. The van der Waals surface area contributed by atoms with E-state index in [9.17, 15) is 35.9 Å². The van der Waals surface area contributed by atoms with Crippen LogP contribution in [0.5, 0.6) is 5.75 Å².